The molecule has 2 heterocycles. The summed E-state index contributed by atoms with van der Waals surface area (Å²) in [6, 6.07) is 1.08. The zero-order chi connectivity index (χ0) is 14.0. The molecule has 0 radical (unpaired) electrons. The van der Waals surface area contributed by atoms with Gasteiger partial charge in [-0.05, 0) is 34.8 Å². The van der Waals surface area contributed by atoms with Crippen molar-refractivity contribution in [2.75, 3.05) is 13.6 Å². The first-order valence-corrected chi connectivity index (χ1v) is 7.63. The highest BCUT2D eigenvalue weighted by Gasteiger charge is 2.35. The number of halogens is 1. The fraction of sp³-hybridized carbons (Fsp3) is 0.500. The Morgan fingerprint density at radius 3 is 2.95 bits per heavy atom. The summed E-state index contributed by atoms with van der Waals surface area (Å²) in [7, 11) is 1.70. The lowest BCUT2D eigenvalue weighted by Gasteiger charge is -2.27. The van der Waals surface area contributed by atoms with Crippen molar-refractivity contribution in [3.8, 4) is 0 Å². The molecular formula is C12H15BrN2O3S. The van der Waals surface area contributed by atoms with E-state index in [9.17, 15) is 9.59 Å². The average Bonchev–Trinajstić information content (AvgIpc) is 2.97. The number of amides is 2. The Morgan fingerprint density at radius 1 is 1.63 bits per heavy atom. The first-order valence-electron chi connectivity index (χ1n) is 5.96. The van der Waals surface area contributed by atoms with Crippen molar-refractivity contribution >= 4 is 39.3 Å². The highest BCUT2D eigenvalue weighted by atomic mass is 79.9. The summed E-state index contributed by atoms with van der Waals surface area (Å²) in [5, 5.41) is 11.1. The van der Waals surface area contributed by atoms with Crippen LogP contribution in [0.1, 0.15) is 17.7 Å². The maximum absolute atomic E-state index is 12.3. The predicted octanol–water partition coefficient (Wildman–Crippen LogP) is 2.61. The molecule has 1 aliphatic heterocycles. The van der Waals surface area contributed by atoms with Crippen molar-refractivity contribution in [2.45, 2.75) is 25.4 Å². The molecule has 5 nitrogen and oxygen atoms in total. The van der Waals surface area contributed by atoms with Gasteiger partial charge < -0.3 is 14.9 Å². The first-order chi connectivity index (χ1) is 8.99. The van der Waals surface area contributed by atoms with Crippen molar-refractivity contribution in [3.63, 3.8) is 0 Å². The minimum absolute atomic E-state index is 0.213. The quantitative estimate of drug-likeness (QED) is 0.914. The Hall–Kier alpha value is -1.08. The van der Waals surface area contributed by atoms with Crippen LogP contribution in [-0.2, 0) is 11.3 Å². The molecule has 2 rings (SSSR count). The highest BCUT2D eigenvalue weighted by Crippen LogP contribution is 2.23. The van der Waals surface area contributed by atoms with E-state index in [-0.39, 0.29) is 6.03 Å². The monoisotopic (exact) mass is 346 g/mol. The Balaban J connectivity index is 2.00. The Morgan fingerprint density at radius 2 is 2.37 bits per heavy atom. The summed E-state index contributed by atoms with van der Waals surface area (Å²) < 4.78 is 0.998. The second-order valence-corrected chi connectivity index (χ2v) is 6.47. The minimum Gasteiger partial charge on any atom is -0.480 e. The van der Waals surface area contributed by atoms with Gasteiger partial charge in [-0.25, -0.2) is 9.59 Å². The number of aliphatic carboxylic acids is 1. The molecular weight excluding hydrogens is 332 g/mol. The van der Waals surface area contributed by atoms with Crippen LogP contribution in [-0.4, -0.2) is 46.5 Å². The van der Waals surface area contributed by atoms with Crippen LogP contribution >= 0.6 is 27.3 Å². The summed E-state index contributed by atoms with van der Waals surface area (Å²) in [5.41, 5.74) is 0. The molecule has 1 N–H and O–H groups in total. The number of carboxylic acid groups (broad SMARTS) is 1. The van der Waals surface area contributed by atoms with Gasteiger partial charge in [-0.3, -0.25) is 0 Å². The molecule has 0 spiro atoms. The summed E-state index contributed by atoms with van der Waals surface area (Å²) in [5.74, 6) is -0.918. The van der Waals surface area contributed by atoms with E-state index in [0.717, 1.165) is 15.8 Å². The highest BCUT2D eigenvalue weighted by molar-refractivity contribution is 9.10. The van der Waals surface area contributed by atoms with E-state index >= 15 is 0 Å². The molecule has 1 aromatic rings. The molecule has 1 unspecified atom stereocenters. The molecule has 19 heavy (non-hydrogen) atoms. The fourth-order valence-corrected chi connectivity index (χ4v) is 3.71. The van der Waals surface area contributed by atoms with Gasteiger partial charge in [0.05, 0.1) is 6.54 Å². The third-order valence-electron chi connectivity index (χ3n) is 3.12. The molecule has 1 saturated heterocycles. The van der Waals surface area contributed by atoms with Gasteiger partial charge in [0, 0.05) is 28.3 Å². The SMILES string of the molecule is CN(Cc1cc(Br)cs1)C(=O)N1CCCC1C(=O)O. The van der Waals surface area contributed by atoms with Gasteiger partial charge >= 0.3 is 12.0 Å². The van der Waals surface area contributed by atoms with E-state index in [4.69, 9.17) is 5.11 Å². The van der Waals surface area contributed by atoms with E-state index in [1.54, 1.807) is 23.3 Å². The predicted molar refractivity (Wildman–Crippen MR) is 76.2 cm³/mol. The first kappa shape index (κ1) is 14.3. The number of rotatable bonds is 3. The maximum Gasteiger partial charge on any atom is 0.326 e. The lowest BCUT2D eigenvalue weighted by atomic mass is 10.2. The molecule has 7 heteroatoms. The molecule has 0 aromatic carbocycles. The normalized spacial score (nSPS) is 18.6. The number of nitrogens with zero attached hydrogens (tertiary/aromatic N) is 2. The van der Waals surface area contributed by atoms with Crippen LogP contribution in [0.5, 0.6) is 0 Å². The van der Waals surface area contributed by atoms with Crippen molar-refractivity contribution < 1.29 is 14.7 Å². The fourth-order valence-electron chi connectivity index (χ4n) is 2.21. The number of hydrogen-bond acceptors (Lipinski definition) is 3. The Kier molecular flexibility index (Phi) is 4.46. The van der Waals surface area contributed by atoms with Gasteiger partial charge in [0.2, 0.25) is 0 Å². The van der Waals surface area contributed by atoms with Crippen LogP contribution in [0.15, 0.2) is 15.9 Å². The van der Waals surface area contributed by atoms with Gasteiger partial charge in [0.25, 0.3) is 0 Å². The molecule has 104 valence electrons. The third kappa shape index (κ3) is 3.27. The Labute approximate surface area is 123 Å². The smallest absolute Gasteiger partial charge is 0.326 e. The summed E-state index contributed by atoms with van der Waals surface area (Å²) in [4.78, 5) is 27.4. The van der Waals surface area contributed by atoms with Crippen LogP contribution in [0.25, 0.3) is 0 Å². The van der Waals surface area contributed by atoms with Gasteiger partial charge in [0.1, 0.15) is 6.04 Å². The third-order valence-corrected chi connectivity index (χ3v) is 4.81. The Bertz CT molecular complexity index is 491. The van der Waals surface area contributed by atoms with Gasteiger partial charge in [-0.1, -0.05) is 0 Å². The van der Waals surface area contributed by atoms with Gasteiger partial charge in [-0.15, -0.1) is 11.3 Å². The van der Waals surface area contributed by atoms with Crippen LogP contribution in [0.3, 0.4) is 0 Å². The number of thiophene rings is 1. The van der Waals surface area contributed by atoms with Crippen molar-refractivity contribution in [2.24, 2.45) is 0 Å². The second-order valence-electron chi connectivity index (χ2n) is 4.56. The standard InChI is InChI=1S/C12H15BrN2O3S/c1-14(6-9-5-8(13)7-19-9)12(18)15-4-2-3-10(15)11(16)17/h5,7,10H,2-4,6H2,1H3,(H,16,17). The second kappa shape index (κ2) is 5.92. The van der Waals surface area contributed by atoms with E-state index in [0.29, 0.717) is 19.5 Å². The summed E-state index contributed by atoms with van der Waals surface area (Å²) in [6.45, 7) is 1.02. The zero-order valence-corrected chi connectivity index (χ0v) is 12.9. The largest absolute Gasteiger partial charge is 0.480 e. The number of urea groups is 1. The van der Waals surface area contributed by atoms with Gasteiger partial charge in [-0.2, -0.15) is 0 Å². The topological polar surface area (TPSA) is 60.9 Å². The average molecular weight is 347 g/mol. The van der Waals surface area contributed by atoms with E-state index in [1.165, 1.54) is 4.90 Å². The molecule has 2 amide bonds. The minimum atomic E-state index is -0.918. The lowest BCUT2D eigenvalue weighted by molar-refractivity contribution is -0.141. The van der Waals surface area contributed by atoms with E-state index < -0.39 is 12.0 Å². The molecule has 1 fully saturated rings. The molecule has 0 aliphatic carbocycles. The van der Waals surface area contributed by atoms with Crippen molar-refractivity contribution in [1.82, 2.24) is 9.80 Å². The van der Waals surface area contributed by atoms with Gasteiger partial charge in [0.15, 0.2) is 0 Å². The van der Waals surface area contributed by atoms with Crippen LogP contribution in [0, 0.1) is 0 Å². The molecule has 1 atom stereocenters. The zero-order valence-electron chi connectivity index (χ0n) is 10.5. The number of carbonyl (C=O) groups is 2. The maximum atomic E-state index is 12.3. The van der Waals surface area contributed by atoms with E-state index in [1.807, 2.05) is 11.4 Å². The molecule has 0 saturated carbocycles. The molecule has 1 aliphatic rings. The summed E-state index contributed by atoms with van der Waals surface area (Å²) in [6.07, 6.45) is 1.29. The van der Waals surface area contributed by atoms with Crippen LogP contribution in [0.2, 0.25) is 0 Å². The van der Waals surface area contributed by atoms with Crippen LogP contribution < -0.4 is 0 Å². The summed E-state index contributed by atoms with van der Waals surface area (Å²) >= 11 is 4.94. The number of likely N-dealkylation sites (tertiary alicyclic amines) is 1. The number of hydrogen-bond donors (Lipinski definition) is 1. The number of carboxylic acids is 1. The molecule has 0 bridgehead atoms. The number of carbonyl (C=O) groups excluding carboxylic acids is 1. The van der Waals surface area contributed by atoms with Crippen molar-refractivity contribution in [1.29, 1.82) is 0 Å². The van der Waals surface area contributed by atoms with Crippen molar-refractivity contribution in [3.05, 3.63) is 20.8 Å². The molecule has 1 aromatic heterocycles. The van der Waals surface area contributed by atoms with E-state index in [2.05, 4.69) is 15.9 Å². The van der Waals surface area contributed by atoms with Crippen LogP contribution in [0.4, 0.5) is 4.79 Å². The lowest BCUT2D eigenvalue weighted by Crippen LogP contribution is -2.46.